The first-order valence-electron chi connectivity index (χ1n) is 12.4. The molecule has 36 heavy (non-hydrogen) atoms. The number of esters is 1. The third-order valence-electron chi connectivity index (χ3n) is 6.09. The van der Waals surface area contributed by atoms with Crippen molar-refractivity contribution >= 4 is 18.0 Å². The molecular weight excluding hydrogens is 458 g/mol. The molecule has 7 nitrogen and oxygen atoms in total. The fraction of sp³-hybridized carbons (Fsp3) is 0.483. The summed E-state index contributed by atoms with van der Waals surface area (Å²) in [7, 11) is 0. The molecule has 0 fully saturated rings. The molecule has 0 unspecified atom stereocenters. The van der Waals surface area contributed by atoms with E-state index in [1.54, 1.807) is 34.6 Å². The van der Waals surface area contributed by atoms with Crippen molar-refractivity contribution in [3.8, 4) is 0 Å². The summed E-state index contributed by atoms with van der Waals surface area (Å²) in [4.78, 5) is 36.9. The molecule has 2 aromatic rings. The van der Waals surface area contributed by atoms with Crippen molar-refractivity contribution in [2.75, 3.05) is 0 Å². The van der Waals surface area contributed by atoms with E-state index in [0.717, 1.165) is 29.5 Å². The second-order valence-electron chi connectivity index (χ2n) is 10.4. The van der Waals surface area contributed by atoms with Gasteiger partial charge in [0.05, 0.1) is 0 Å². The molecule has 2 N–H and O–H groups in total. The molecule has 0 bridgehead atoms. The Morgan fingerprint density at radius 3 is 2.06 bits per heavy atom. The van der Waals surface area contributed by atoms with Gasteiger partial charge >= 0.3 is 18.0 Å². The van der Waals surface area contributed by atoms with Crippen LogP contribution in [-0.2, 0) is 38.6 Å². The summed E-state index contributed by atoms with van der Waals surface area (Å²) >= 11 is 0. The Labute approximate surface area is 214 Å². The molecule has 1 amide bonds. The van der Waals surface area contributed by atoms with Crippen molar-refractivity contribution < 1.29 is 29.0 Å². The van der Waals surface area contributed by atoms with Crippen molar-refractivity contribution in [2.45, 2.75) is 79.1 Å². The highest BCUT2D eigenvalue weighted by molar-refractivity contribution is 5.99. The van der Waals surface area contributed by atoms with Crippen LogP contribution in [0.2, 0.25) is 0 Å². The number of carboxylic acids is 1. The number of alkyl carbamates (subject to hydrolysis) is 1. The van der Waals surface area contributed by atoms with Crippen molar-refractivity contribution in [1.29, 1.82) is 0 Å². The van der Waals surface area contributed by atoms with E-state index in [1.165, 1.54) is 0 Å². The highest BCUT2D eigenvalue weighted by Crippen LogP contribution is 2.37. The lowest BCUT2D eigenvalue weighted by atomic mass is 9.73. The molecule has 0 saturated carbocycles. The van der Waals surface area contributed by atoms with Crippen molar-refractivity contribution in [1.82, 2.24) is 5.32 Å². The van der Waals surface area contributed by atoms with Crippen LogP contribution in [0.25, 0.3) is 0 Å². The highest BCUT2D eigenvalue weighted by Gasteiger charge is 2.50. The number of carbonyl (C=O) groups excluding carboxylic acids is 2. The van der Waals surface area contributed by atoms with Gasteiger partial charge in [0, 0.05) is 6.54 Å². The Hall–Kier alpha value is -3.35. The smallest absolute Gasteiger partial charge is 0.407 e. The Morgan fingerprint density at radius 1 is 0.889 bits per heavy atom. The van der Waals surface area contributed by atoms with E-state index in [0.29, 0.717) is 13.0 Å². The van der Waals surface area contributed by atoms with Gasteiger partial charge in [0.15, 0.2) is 5.41 Å². The zero-order valence-electron chi connectivity index (χ0n) is 22.0. The van der Waals surface area contributed by atoms with Crippen LogP contribution in [0.3, 0.4) is 0 Å². The van der Waals surface area contributed by atoms with Crippen LogP contribution in [0.5, 0.6) is 0 Å². The summed E-state index contributed by atoms with van der Waals surface area (Å²) in [5.74, 6) is -2.20. The SMILES string of the molecule is CC(C)[C@](CCCCc1ccc(CNC(=O)OCc2ccccc2)cc1)(C(=O)O)C(=O)OC(C)(C)C. The molecule has 196 valence electrons. The third-order valence-corrected chi connectivity index (χ3v) is 6.09. The maximum Gasteiger partial charge on any atom is 0.407 e. The number of carbonyl (C=O) groups is 3. The third kappa shape index (κ3) is 8.70. The van der Waals surface area contributed by atoms with Gasteiger partial charge in [-0.2, -0.15) is 0 Å². The predicted octanol–water partition coefficient (Wildman–Crippen LogP) is 5.89. The molecular formula is C29H39NO6. The number of aryl methyl sites for hydroxylation is 1. The molecule has 0 spiro atoms. The minimum Gasteiger partial charge on any atom is -0.480 e. The molecule has 0 heterocycles. The molecule has 7 heteroatoms. The minimum absolute atomic E-state index is 0.222. The van der Waals surface area contributed by atoms with Crippen LogP contribution in [-0.4, -0.2) is 28.7 Å². The van der Waals surface area contributed by atoms with Crippen LogP contribution >= 0.6 is 0 Å². The van der Waals surface area contributed by atoms with E-state index < -0.39 is 35.0 Å². The molecule has 0 aromatic heterocycles. The first-order chi connectivity index (χ1) is 16.9. The zero-order valence-corrected chi connectivity index (χ0v) is 22.0. The van der Waals surface area contributed by atoms with Gasteiger partial charge in [-0.3, -0.25) is 9.59 Å². The van der Waals surface area contributed by atoms with E-state index in [9.17, 15) is 19.5 Å². The average molecular weight is 498 g/mol. The summed E-state index contributed by atoms with van der Waals surface area (Å²) in [5, 5.41) is 12.7. The number of hydrogen-bond donors (Lipinski definition) is 2. The number of rotatable bonds is 12. The van der Waals surface area contributed by atoms with Gasteiger partial charge in [0.1, 0.15) is 12.2 Å². The summed E-state index contributed by atoms with van der Waals surface area (Å²) in [6, 6.07) is 17.4. The van der Waals surface area contributed by atoms with E-state index >= 15 is 0 Å². The maximum absolute atomic E-state index is 12.8. The highest BCUT2D eigenvalue weighted by atomic mass is 16.6. The molecule has 2 aromatic carbocycles. The summed E-state index contributed by atoms with van der Waals surface area (Å²) in [5.41, 5.74) is 0.676. The first-order valence-corrected chi connectivity index (χ1v) is 12.4. The van der Waals surface area contributed by atoms with Gasteiger partial charge in [-0.25, -0.2) is 4.79 Å². The van der Waals surface area contributed by atoms with Gasteiger partial charge in [0.2, 0.25) is 0 Å². The van der Waals surface area contributed by atoms with Crippen molar-refractivity contribution in [3.63, 3.8) is 0 Å². The normalized spacial score (nSPS) is 13.1. The van der Waals surface area contributed by atoms with Gasteiger partial charge in [-0.1, -0.05) is 74.9 Å². The molecule has 0 radical (unpaired) electrons. The van der Waals surface area contributed by atoms with E-state index in [4.69, 9.17) is 9.47 Å². The maximum atomic E-state index is 12.8. The number of amides is 1. The largest absolute Gasteiger partial charge is 0.480 e. The van der Waals surface area contributed by atoms with Gasteiger partial charge in [-0.15, -0.1) is 0 Å². The number of ether oxygens (including phenoxy) is 2. The molecule has 0 aliphatic heterocycles. The Kier molecular flexibility index (Phi) is 10.5. The Morgan fingerprint density at radius 2 is 1.50 bits per heavy atom. The van der Waals surface area contributed by atoms with Crippen LogP contribution < -0.4 is 5.32 Å². The molecule has 0 aliphatic rings. The van der Waals surface area contributed by atoms with Gasteiger partial charge in [0.25, 0.3) is 0 Å². The molecule has 0 saturated heterocycles. The molecule has 1 atom stereocenters. The lowest BCUT2D eigenvalue weighted by Gasteiger charge is -2.34. The number of unbranched alkanes of at least 4 members (excludes halogenated alkanes) is 1. The number of hydrogen-bond acceptors (Lipinski definition) is 5. The van der Waals surface area contributed by atoms with Crippen molar-refractivity contribution in [2.24, 2.45) is 11.3 Å². The quantitative estimate of drug-likeness (QED) is 0.215. The van der Waals surface area contributed by atoms with Crippen LogP contribution in [0, 0.1) is 11.3 Å². The van der Waals surface area contributed by atoms with E-state index in [2.05, 4.69) is 5.32 Å². The van der Waals surface area contributed by atoms with Crippen molar-refractivity contribution in [3.05, 3.63) is 71.3 Å². The van der Waals surface area contributed by atoms with E-state index in [1.807, 2.05) is 54.6 Å². The second kappa shape index (κ2) is 13.1. The number of carboxylic acid groups (broad SMARTS) is 1. The monoisotopic (exact) mass is 497 g/mol. The Balaban J connectivity index is 1.82. The standard InChI is InChI=1S/C29H39NO6/c1-21(2)29(25(31)32,26(33)36-28(3,4)5)18-10-9-11-22-14-16-23(17-15-22)19-30-27(34)35-20-24-12-7-6-8-13-24/h6-8,12-17,21H,9-11,18-20H2,1-5H3,(H,30,34)(H,31,32)/t29-/m1/s1. The number of aliphatic carboxylic acids is 1. The first kappa shape index (κ1) is 28.9. The van der Waals surface area contributed by atoms with Gasteiger partial charge < -0.3 is 19.9 Å². The molecule has 2 rings (SSSR count). The fourth-order valence-corrected chi connectivity index (χ4v) is 3.94. The zero-order chi connectivity index (χ0) is 26.8. The van der Waals surface area contributed by atoms with Crippen LogP contribution in [0.1, 0.15) is 70.6 Å². The lowest BCUT2D eigenvalue weighted by molar-refractivity contribution is -0.181. The van der Waals surface area contributed by atoms with Gasteiger partial charge in [-0.05, 0) is 62.6 Å². The fourth-order valence-electron chi connectivity index (χ4n) is 3.94. The minimum atomic E-state index is -1.56. The van der Waals surface area contributed by atoms with E-state index in [-0.39, 0.29) is 13.0 Å². The Bertz CT molecular complexity index is 995. The summed E-state index contributed by atoms with van der Waals surface area (Å²) in [6.07, 6.45) is 1.84. The lowest BCUT2D eigenvalue weighted by Crippen LogP contribution is -2.47. The molecule has 0 aliphatic carbocycles. The number of nitrogens with one attached hydrogen (secondary N) is 1. The summed E-state index contributed by atoms with van der Waals surface area (Å²) in [6.45, 7) is 9.31. The van der Waals surface area contributed by atoms with Crippen LogP contribution in [0.15, 0.2) is 54.6 Å². The number of benzene rings is 2. The predicted molar refractivity (Wildman–Crippen MR) is 138 cm³/mol. The second-order valence-corrected chi connectivity index (χ2v) is 10.4. The van der Waals surface area contributed by atoms with Crippen LogP contribution in [0.4, 0.5) is 4.79 Å². The topological polar surface area (TPSA) is 102 Å². The summed E-state index contributed by atoms with van der Waals surface area (Å²) < 4.78 is 10.7. The average Bonchev–Trinajstić information content (AvgIpc) is 2.81.